The highest BCUT2D eigenvalue weighted by Crippen LogP contribution is 2.25. The summed E-state index contributed by atoms with van der Waals surface area (Å²) in [7, 11) is 0. The fraction of sp³-hybridized carbons (Fsp3) is 0.500. The number of hydrogen-bond acceptors (Lipinski definition) is 4. The van der Waals surface area contributed by atoms with Gasteiger partial charge in [-0.05, 0) is 13.0 Å². The molecule has 104 valence electrons. The molecule has 1 aliphatic rings. The van der Waals surface area contributed by atoms with E-state index in [0.717, 1.165) is 0 Å². The van der Waals surface area contributed by atoms with Crippen LogP contribution in [0.25, 0.3) is 0 Å². The molecule has 0 aromatic carbocycles. The zero-order valence-electron chi connectivity index (χ0n) is 10.3. The van der Waals surface area contributed by atoms with Gasteiger partial charge in [-0.2, -0.15) is 0 Å². The first-order valence-electron chi connectivity index (χ1n) is 5.85. The van der Waals surface area contributed by atoms with Crippen molar-refractivity contribution in [3.8, 4) is 0 Å². The molecule has 0 saturated carbocycles. The van der Waals surface area contributed by atoms with E-state index in [1.807, 2.05) is 0 Å². The number of nitrogens with zero attached hydrogens (tertiary/aromatic N) is 1. The summed E-state index contributed by atoms with van der Waals surface area (Å²) in [4.78, 5) is 15.8. The number of rotatable bonds is 3. The molecule has 0 bridgehead atoms. The number of amides is 1. The highest BCUT2D eigenvalue weighted by molar-refractivity contribution is 6.35. The molecule has 1 saturated heterocycles. The lowest BCUT2D eigenvalue weighted by molar-refractivity contribution is -0.0251. The van der Waals surface area contributed by atoms with Gasteiger partial charge in [0.15, 0.2) is 0 Å². The van der Waals surface area contributed by atoms with Crippen LogP contribution in [0.5, 0.6) is 0 Å². The molecule has 0 spiro atoms. The van der Waals surface area contributed by atoms with Crippen LogP contribution in [0.2, 0.25) is 10.2 Å². The third-order valence-electron chi connectivity index (χ3n) is 3.28. The molecule has 1 aliphatic heterocycles. The van der Waals surface area contributed by atoms with Crippen molar-refractivity contribution in [2.24, 2.45) is 0 Å². The number of hydrogen-bond donors (Lipinski definition) is 2. The van der Waals surface area contributed by atoms with Crippen LogP contribution in [0.4, 0.5) is 0 Å². The molecule has 1 amide bonds. The summed E-state index contributed by atoms with van der Waals surface area (Å²) in [5.41, 5.74) is -0.810. The molecule has 7 heteroatoms. The van der Waals surface area contributed by atoms with Gasteiger partial charge in [-0.1, -0.05) is 23.2 Å². The zero-order chi connectivity index (χ0) is 14.0. The number of aliphatic hydroxyl groups is 1. The van der Waals surface area contributed by atoms with Crippen LogP contribution >= 0.6 is 23.2 Å². The summed E-state index contributed by atoms with van der Waals surface area (Å²) in [5, 5.41) is 13.3. The molecule has 1 fully saturated rings. The quantitative estimate of drug-likeness (QED) is 0.833. The number of pyridine rings is 1. The average Bonchev–Trinajstić information content (AvgIpc) is 2.70. The summed E-state index contributed by atoms with van der Waals surface area (Å²) in [6.45, 7) is 2.36. The predicted molar refractivity (Wildman–Crippen MR) is 71.6 cm³/mol. The fourth-order valence-corrected chi connectivity index (χ4v) is 2.27. The largest absolute Gasteiger partial charge is 0.385 e. The van der Waals surface area contributed by atoms with Gasteiger partial charge < -0.3 is 15.2 Å². The maximum absolute atomic E-state index is 12.0. The lowest BCUT2D eigenvalue weighted by atomic mass is 9.96. The van der Waals surface area contributed by atoms with Crippen LogP contribution in [0.15, 0.2) is 12.3 Å². The third-order valence-corrected chi connectivity index (χ3v) is 3.79. The number of carbonyl (C=O) groups excluding carboxylic acids is 1. The number of ether oxygens (including phenoxy) is 1. The Morgan fingerprint density at radius 1 is 1.68 bits per heavy atom. The maximum Gasteiger partial charge on any atom is 0.253 e. The van der Waals surface area contributed by atoms with Crippen molar-refractivity contribution < 1.29 is 14.6 Å². The molecule has 2 N–H and O–H groups in total. The fourth-order valence-electron chi connectivity index (χ4n) is 1.92. The smallest absolute Gasteiger partial charge is 0.253 e. The second-order valence-corrected chi connectivity index (χ2v) is 5.33. The Hall–Kier alpha value is -0.880. The third kappa shape index (κ3) is 3.17. The summed E-state index contributed by atoms with van der Waals surface area (Å²) >= 11 is 11.6. The number of halogens is 2. The van der Waals surface area contributed by atoms with E-state index < -0.39 is 11.5 Å². The van der Waals surface area contributed by atoms with E-state index in [1.165, 1.54) is 12.3 Å². The van der Waals surface area contributed by atoms with Crippen molar-refractivity contribution in [2.75, 3.05) is 13.2 Å². The van der Waals surface area contributed by atoms with Crippen LogP contribution in [0, 0.1) is 0 Å². The summed E-state index contributed by atoms with van der Waals surface area (Å²) in [6, 6.07) is 1.39. The number of carbonyl (C=O) groups is 1. The Bertz CT molecular complexity index is 498. The van der Waals surface area contributed by atoms with Crippen LogP contribution < -0.4 is 5.32 Å². The van der Waals surface area contributed by atoms with Gasteiger partial charge in [-0.3, -0.25) is 4.79 Å². The first kappa shape index (κ1) is 14.5. The minimum absolute atomic E-state index is 0.100. The van der Waals surface area contributed by atoms with Crippen molar-refractivity contribution in [1.82, 2.24) is 10.3 Å². The molecule has 2 heterocycles. The number of nitrogens with one attached hydrogen (secondary N) is 1. The van der Waals surface area contributed by atoms with Crippen molar-refractivity contribution in [3.63, 3.8) is 0 Å². The molecule has 2 atom stereocenters. The van der Waals surface area contributed by atoms with Crippen molar-refractivity contribution in [1.29, 1.82) is 0 Å². The van der Waals surface area contributed by atoms with E-state index in [9.17, 15) is 9.90 Å². The van der Waals surface area contributed by atoms with Crippen molar-refractivity contribution in [2.45, 2.75) is 25.0 Å². The standard InChI is InChI=1S/C12H14Cl2N2O3/c1-7-12(18,2-3-19-7)6-16-11(17)8-4-10(14)15-5-9(8)13/h4-5,7,18H,2-3,6H2,1H3,(H,16,17). The Kier molecular flexibility index (Phi) is 4.30. The zero-order valence-corrected chi connectivity index (χ0v) is 11.8. The highest BCUT2D eigenvalue weighted by Gasteiger charge is 2.39. The molecule has 2 rings (SSSR count). The first-order chi connectivity index (χ1) is 8.92. The van der Waals surface area contributed by atoms with Gasteiger partial charge in [0.1, 0.15) is 10.8 Å². The molecule has 19 heavy (non-hydrogen) atoms. The van der Waals surface area contributed by atoms with Gasteiger partial charge in [-0.25, -0.2) is 4.98 Å². The van der Waals surface area contributed by atoms with Crippen molar-refractivity contribution >= 4 is 29.1 Å². The van der Waals surface area contributed by atoms with Gasteiger partial charge in [0.2, 0.25) is 0 Å². The van der Waals surface area contributed by atoms with E-state index >= 15 is 0 Å². The average molecular weight is 305 g/mol. The van der Waals surface area contributed by atoms with Crippen LogP contribution in [0.1, 0.15) is 23.7 Å². The van der Waals surface area contributed by atoms with Crippen LogP contribution in [0.3, 0.4) is 0 Å². The monoisotopic (exact) mass is 304 g/mol. The molecule has 0 radical (unpaired) electrons. The topological polar surface area (TPSA) is 71.5 Å². The molecular formula is C12H14Cl2N2O3. The molecule has 5 nitrogen and oxygen atoms in total. The van der Waals surface area contributed by atoms with E-state index in [2.05, 4.69) is 10.3 Å². The van der Waals surface area contributed by atoms with E-state index in [1.54, 1.807) is 6.92 Å². The molecule has 1 aromatic rings. The van der Waals surface area contributed by atoms with Gasteiger partial charge in [0.05, 0.1) is 16.7 Å². The number of aromatic nitrogens is 1. The summed E-state index contributed by atoms with van der Waals surface area (Å²) in [6.07, 6.45) is 1.48. The van der Waals surface area contributed by atoms with E-state index in [0.29, 0.717) is 13.0 Å². The second kappa shape index (κ2) is 5.63. The SMILES string of the molecule is CC1OCCC1(O)CNC(=O)c1cc(Cl)ncc1Cl. The predicted octanol–water partition coefficient (Wildman–Crippen LogP) is 1.66. The van der Waals surface area contributed by atoms with Crippen LogP contribution in [-0.2, 0) is 4.74 Å². The molecule has 2 unspecified atom stereocenters. The maximum atomic E-state index is 12.0. The van der Waals surface area contributed by atoms with Crippen molar-refractivity contribution in [3.05, 3.63) is 28.0 Å². The Labute approximate surface area is 120 Å². The van der Waals surface area contributed by atoms with E-state index in [-0.39, 0.29) is 28.4 Å². The molecule has 1 aromatic heterocycles. The minimum atomic E-state index is -1.04. The van der Waals surface area contributed by atoms with Gasteiger partial charge in [0, 0.05) is 25.8 Å². The second-order valence-electron chi connectivity index (χ2n) is 4.54. The van der Waals surface area contributed by atoms with E-state index in [4.69, 9.17) is 27.9 Å². The van der Waals surface area contributed by atoms with Gasteiger partial charge >= 0.3 is 0 Å². The Balaban J connectivity index is 2.03. The minimum Gasteiger partial charge on any atom is -0.385 e. The molecule has 0 aliphatic carbocycles. The highest BCUT2D eigenvalue weighted by atomic mass is 35.5. The van der Waals surface area contributed by atoms with Gasteiger partial charge in [-0.15, -0.1) is 0 Å². The lowest BCUT2D eigenvalue weighted by Gasteiger charge is -2.26. The Morgan fingerprint density at radius 3 is 3.05 bits per heavy atom. The Morgan fingerprint density at radius 2 is 2.42 bits per heavy atom. The van der Waals surface area contributed by atoms with Gasteiger partial charge in [0.25, 0.3) is 5.91 Å². The summed E-state index contributed by atoms with van der Waals surface area (Å²) in [5.74, 6) is -0.401. The first-order valence-corrected chi connectivity index (χ1v) is 6.61. The molecular weight excluding hydrogens is 291 g/mol. The lowest BCUT2D eigenvalue weighted by Crippen LogP contribution is -2.47. The van der Waals surface area contributed by atoms with Crippen LogP contribution in [-0.4, -0.2) is 40.9 Å². The normalized spacial score (nSPS) is 26.4. The summed E-state index contributed by atoms with van der Waals surface area (Å²) < 4.78 is 5.29.